The van der Waals surface area contributed by atoms with Crippen LogP contribution in [0.3, 0.4) is 0 Å². The van der Waals surface area contributed by atoms with E-state index < -0.39 is 5.82 Å². The molecule has 0 saturated carbocycles. The fourth-order valence-electron chi connectivity index (χ4n) is 1.30. The standard InChI is InChI=1S/C12H11ClFN3O/c1-7-6-16-12(15-2)17-11(7)18-8-3-4-10(14)9(13)5-8/h3-6H,1-2H3,(H,15,16,17). The first-order valence-corrected chi connectivity index (χ1v) is 5.62. The molecule has 0 saturated heterocycles. The van der Waals surface area contributed by atoms with E-state index in [-0.39, 0.29) is 5.02 Å². The number of aryl methyl sites for hydroxylation is 1. The third-order valence-electron chi connectivity index (χ3n) is 2.25. The Morgan fingerprint density at radius 1 is 1.39 bits per heavy atom. The molecule has 0 radical (unpaired) electrons. The van der Waals surface area contributed by atoms with E-state index in [1.165, 1.54) is 18.2 Å². The number of benzene rings is 1. The normalized spacial score (nSPS) is 10.2. The van der Waals surface area contributed by atoms with Crippen LogP contribution < -0.4 is 10.1 Å². The summed E-state index contributed by atoms with van der Waals surface area (Å²) in [5.74, 6) is 0.783. The Kier molecular flexibility index (Phi) is 3.62. The van der Waals surface area contributed by atoms with E-state index >= 15 is 0 Å². The van der Waals surface area contributed by atoms with Gasteiger partial charge in [-0.25, -0.2) is 9.37 Å². The Bertz CT molecular complexity index is 577. The smallest absolute Gasteiger partial charge is 0.226 e. The SMILES string of the molecule is CNc1ncc(C)c(Oc2ccc(F)c(Cl)c2)n1. The Morgan fingerprint density at radius 3 is 2.83 bits per heavy atom. The Balaban J connectivity index is 2.30. The molecule has 94 valence electrons. The van der Waals surface area contributed by atoms with Crippen molar-refractivity contribution in [3.63, 3.8) is 0 Å². The first kappa shape index (κ1) is 12.6. The number of aromatic nitrogens is 2. The predicted octanol–water partition coefficient (Wildman–Crippen LogP) is 3.41. The van der Waals surface area contributed by atoms with Gasteiger partial charge in [-0.3, -0.25) is 0 Å². The van der Waals surface area contributed by atoms with Gasteiger partial charge < -0.3 is 10.1 Å². The van der Waals surface area contributed by atoms with Gasteiger partial charge in [0, 0.05) is 24.9 Å². The van der Waals surface area contributed by atoms with Crippen LogP contribution in [0.5, 0.6) is 11.6 Å². The molecule has 0 fully saturated rings. The second-order valence-electron chi connectivity index (χ2n) is 3.61. The van der Waals surface area contributed by atoms with Crippen LogP contribution in [0.2, 0.25) is 5.02 Å². The zero-order valence-corrected chi connectivity index (χ0v) is 10.6. The molecule has 2 aromatic rings. The maximum atomic E-state index is 13.0. The molecule has 1 aromatic carbocycles. The summed E-state index contributed by atoms with van der Waals surface area (Å²) in [7, 11) is 1.71. The van der Waals surface area contributed by atoms with Crippen LogP contribution in [-0.4, -0.2) is 17.0 Å². The van der Waals surface area contributed by atoms with Crippen LogP contribution in [0.1, 0.15) is 5.56 Å². The lowest BCUT2D eigenvalue weighted by atomic mass is 10.3. The number of rotatable bonds is 3. The molecule has 0 bridgehead atoms. The lowest BCUT2D eigenvalue weighted by molar-refractivity contribution is 0.456. The molecule has 1 heterocycles. The van der Waals surface area contributed by atoms with Crippen LogP contribution in [0.4, 0.5) is 10.3 Å². The van der Waals surface area contributed by atoms with Gasteiger partial charge in [0.1, 0.15) is 11.6 Å². The van der Waals surface area contributed by atoms with Gasteiger partial charge in [0.25, 0.3) is 0 Å². The predicted molar refractivity (Wildman–Crippen MR) is 67.8 cm³/mol. The molecule has 0 aliphatic carbocycles. The number of hydrogen-bond donors (Lipinski definition) is 1. The van der Waals surface area contributed by atoms with Crippen molar-refractivity contribution in [2.45, 2.75) is 6.92 Å². The van der Waals surface area contributed by atoms with Gasteiger partial charge in [-0.1, -0.05) is 11.6 Å². The summed E-state index contributed by atoms with van der Waals surface area (Å²) < 4.78 is 18.6. The van der Waals surface area contributed by atoms with E-state index in [0.717, 1.165) is 5.56 Å². The second kappa shape index (κ2) is 5.18. The number of nitrogens with one attached hydrogen (secondary N) is 1. The highest BCUT2D eigenvalue weighted by atomic mass is 35.5. The molecule has 0 amide bonds. The van der Waals surface area contributed by atoms with E-state index in [4.69, 9.17) is 16.3 Å². The molecule has 0 aliphatic heterocycles. The average molecular weight is 268 g/mol. The summed E-state index contributed by atoms with van der Waals surface area (Å²) in [5.41, 5.74) is 0.773. The Labute approximate surface area is 109 Å². The van der Waals surface area contributed by atoms with Gasteiger partial charge >= 0.3 is 0 Å². The highest BCUT2D eigenvalue weighted by Crippen LogP contribution is 2.27. The van der Waals surface area contributed by atoms with Crippen molar-refractivity contribution < 1.29 is 9.13 Å². The fourth-order valence-corrected chi connectivity index (χ4v) is 1.47. The third-order valence-corrected chi connectivity index (χ3v) is 2.54. The van der Waals surface area contributed by atoms with Gasteiger partial charge in [0.2, 0.25) is 11.8 Å². The molecule has 0 atom stereocenters. The van der Waals surface area contributed by atoms with E-state index in [0.29, 0.717) is 17.6 Å². The maximum Gasteiger partial charge on any atom is 0.226 e. The highest BCUT2D eigenvalue weighted by molar-refractivity contribution is 6.30. The van der Waals surface area contributed by atoms with Crippen LogP contribution in [0.25, 0.3) is 0 Å². The van der Waals surface area contributed by atoms with Crippen molar-refractivity contribution >= 4 is 17.5 Å². The van der Waals surface area contributed by atoms with E-state index in [2.05, 4.69) is 15.3 Å². The molecule has 2 rings (SSSR count). The number of nitrogens with zero attached hydrogens (tertiary/aromatic N) is 2. The molecule has 1 N–H and O–H groups in total. The number of halogens is 2. The molecule has 1 aromatic heterocycles. The minimum atomic E-state index is -0.487. The van der Waals surface area contributed by atoms with E-state index in [1.807, 2.05) is 6.92 Å². The average Bonchev–Trinajstić information content (AvgIpc) is 2.36. The summed E-state index contributed by atoms with van der Waals surface area (Å²) in [5, 5.41) is 2.82. The zero-order chi connectivity index (χ0) is 13.1. The molecule has 0 aliphatic rings. The second-order valence-corrected chi connectivity index (χ2v) is 4.02. The van der Waals surface area contributed by atoms with Gasteiger partial charge in [-0.15, -0.1) is 0 Å². The monoisotopic (exact) mass is 267 g/mol. The third kappa shape index (κ3) is 2.68. The van der Waals surface area contributed by atoms with Crippen molar-refractivity contribution in [2.24, 2.45) is 0 Å². The molecular weight excluding hydrogens is 257 g/mol. The first-order chi connectivity index (χ1) is 8.60. The van der Waals surface area contributed by atoms with Crippen LogP contribution in [0, 0.1) is 12.7 Å². The van der Waals surface area contributed by atoms with Gasteiger partial charge in [-0.2, -0.15) is 4.98 Å². The van der Waals surface area contributed by atoms with Crippen LogP contribution >= 0.6 is 11.6 Å². The van der Waals surface area contributed by atoms with E-state index in [9.17, 15) is 4.39 Å². The minimum Gasteiger partial charge on any atom is -0.439 e. The Morgan fingerprint density at radius 2 is 2.17 bits per heavy atom. The molecule has 0 unspecified atom stereocenters. The van der Waals surface area contributed by atoms with Gasteiger partial charge in [0.05, 0.1) is 5.02 Å². The van der Waals surface area contributed by atoms with Crippen LogP contribution in [-0.2, 0) is 0 Å². The topological polar surface area (TPSA) is 47.0 Å². The molecular formula is C12H11ClFN3O. The summed E-state index contributed by atoms with van der Waals surface area (Å²) in [6.07, 6.45) is 1.64. The summed E-state index contributed by atoms with van der Waals surface area (Å²) in [4.78, 5) is 8.20. The fraction of sp³-hybridized carbons (Fsp3) is 0.167. The number of anilines is 1. The Hall–Kier alpha value is -1.88. The maximum absolute atomic E-state index is 13.0. The zero-order valence-electron chi connectivity index (χ0n) is 9.87. The molecule has 4 nitrogen and oxygen atoms in total. The van der Waals surface area contributed by atoms with Crippen molar-refractivity contribution in [2.75, 3.05) is 12.4 Å². The van der Waals surface area contributed by atoms with E-state index in [1.54, 1.807) is 13.2 Å². The van der Waals surface area contributed by atoms with Gasteiger partial charge in [0.15, 0.2) is 0 Å². The van der Waals surface area contributed by atoms with Crippen molar-refractivity contribution in [3.8, 4) is 11.6 Å². The van der Waals surface area contributed by atoms with Crippen molar-refractivity contribution in [1.82, 2.24) is 9.97 Å². The summed E-state index contributed by atoms with van der Waals surface area (Å²) >= 11 is 5.68. The van der Waals surface area contributed by atoms with Crippen molar-refractivity contribution in [3.05, 3.63) is 40.8 Å². The number of ether oxygens (including phenoxy) is 1. The van der Waals surface area contributed by atoms with Gasteiger partial charge in [-0.05, 0) is 19.1 Å². The lowest BCUT2D eigenvalue weighted by Crippen LogP contribution is -1.99. The molecule has 6 heteroatoms. The van der Waals surface area contributed by atoms with Crippen LogP contribution in [0.15, 0.2) is 24.4 Å². The largest absolute Gasteiger partial charge is 0.439 e. The molecule has 18 heavy (non-hydrogen) atoms. The molecule has 0 spiro atoms. The quantitative estimate of drug-likeness (QED) is 0.926. The number of hydrogen-bond acceptors (Lipinski definition) is 4. The highest BCUT2D eigenvalue weighted by Gasteiger charge is 2.07. The van der Waals surface area contributed by atoms with Crippen molar-refractivity contribution in [1.29, 1.82) is 0 Å². The minimum absolute atomic E-state index is 0.00745. The summed E-state index contributed by atoms with van der Waals surface area (Å²) in [6.45, 7) is 1.82. The summed E-state index contributed by atoms with van der Waals surface area (Å²) in [6, 6.07) is 4.13. The lowest BCUT2D eigenvalue weighted by Gasteiger charge is -2.09. The first-order valence-electron chi connectivity index (χ1n) is 5.24.